The van der Waals surface area contributed by atoms with E-state index in [0.717, 1.165) is 0 Å². The second-order valence-electron chi connectivity index (χ2n) is 3.77. The van der Waals surface area contributed by atoms with Crippen molar-refractivity contribution in [1.29, 1.82) is 0 Å². The highest BCUT2D eigenvalue weighted by Crippen LogP contribution is 2.19. The van der Waals surface area contributed by atoms with Crippen LogP contribution in [0.5, 0.6) is 0 Å². The van der Waals surface area contributed by atoms with Crippen LogP contribution in [0.1, 0.15) is 26.7 Å². The third kappa shape index (κ3) is 4.81. The topological polar surface area (TPSA) is 94.8 Å². The number of aliphatic hydroxyl groups excluding tert-OH is 1. The Bertz CT molecular complexity index is 211. The van der Waals surface area contributed by atoms with Crippen LogP contribution in [-0.2, 0) is 9.59 Å². The van der Waals surface area contributed by atoms with E-state index in [1.54, 1.807) is 0 Å². The molecular weight excluding hydrogens is 188 g/mol. The zero-order valence-electron chi connectivity index (χ0n) is 8.30. The van der Waals surface area contributed by atoms with Gasteiger partial charge in [-0.3, -0.25) is 4.79 Å². The molecule has 5 heteroatoms. The predicted octanol–water partition coefficient (Wildman–Crippen LogP) is 0.569. The van der Waals surface area contributed by atoms with Gasteiger partial charge in [-0.25, -0.2) is 4.79 Å². The van der Waals surface area contributed by atoms with E-state index in [-0.39, 0.29) is 12.3 Å². The largest absolute Gasteiger partial charge is 0.481 e. The van der Waals surface area contributed by atoms with Crippen LogP contribution < -0.4 is 0 Å². The summed E-state index contributed by atoms with van der Waals surface area (Å²) in [5.74, 6) is -3.01. The monoisotopic (exact) mass is 204 g/mol. The van der Waals surface area contributed by atoms with Crippen LogP contribution in [0.15, 0.2) is 0 Å². The Labute approximate surface area is 82.4 Å². The van der Waals surface area contributed by atoms with E-state index >= 15 is 0 Å². The third-order valence-corrected chi connectivity index (χ3v) is 1.91. The van der Waals surface area contributed by atoms with Gasteiger partial charge in [-0.1, -0.05) is 13.8 Å². The van der Waals surface area contributed by atoms with Crippen molar-refractivity contribution in [1.82, 2.24) is 0 Å². The van der Waals surface area contributed by atoms with Gasteiger partial charge in [0.05, 0.1) is 6.42 Å². The molecule has 0 saturated carbocycles. The molecule has 0 aromatic rings. The molecule has 0 spiro atoms. The number of carboxylic acid groups (broad SMARTS) is 2. The highest BCUT2D eigenvalue weighted by atomic mass is 16.4. The van der Waals surface area contributed by atoms with Crippen LogP contribution in [0.2, 0.25) is 0 Å². The third-order valence-electron chi connectivity index (χ3n) is 1.91. The minimum Gasteiger partial charge on any atom is -0.481 e. The molecule has 0 aliphatic heterocycles. The first-order valence-electron chi connectivity index (χ1n) is 4.47. The first kappa shape index (κ1) is 12.9. The molecule has 2 unspecified atom stereocenters. The average Bonchev–Trinajstić information content (AvgIpc) is 1.99. The molecule has 5 nitrogen and oxygen atoms in total. The number of hydrogen-bond acceptors (Lipinski definition) is 3. The number of hydrogen-bond donors (Lipinski definition) is 3. The fourth-order valence-corrected chi connectivity index (χ4v) is 1.36. The van der Waals surface area contributed by atoms with Crippen molar-refractivity contribution in [2.75, 3.05) is 0 Å². The molecule has 3 N–H and O–H groups in total. The molecule has 82 valence electrons. The lowest BCUT2D eigenvalue weighted by Crippen LogP contribution is -2.31. The summed E-state index contributed by atoms with van der Waals surface area (Å²) >= 11 is 0. The van der Waals surface area contributed by atoms with Gasteiger partial charge in [0, 0.05) is 5.92 Å². The van der Waals surface area contributed by atoms with Crippen molar-refractivity contribution in [3.8, 4) is 0 Å². The molecule has 0 aromatic carbocycles. The SMILES string of the molecule is CC(C)CC(CC(=O)O)C(O)C(=O)O. The van der Waals surface area contributed by atoms with Crippen LogP contribution in [0.4, 0.5) is 0 Å². The van der Waals surface area contributed by atoms with Crippen molar-refractivity contribution in [3.05, 3.63) is 0 Å². The van der Waals surface area contributed by atoms with Crippen molar-refractivity contribution >= 4 is 11.9 Å². The molecular formula is C9H16O5. The molecule has 0 radical (unpaired) electrons. The Balaban J connectivity index is 4.37. The van der Waals surface area contributed by atoms with Crippen molar-refractivity contribution in [3.63, 3.8) is 0 Å². The van der Waals surface area contributed by atoms with E-state index in [9.17, 15) is 14.7 Å². The zero-order valence-corrected chi connectivity index (χ0v) is 8.30. The van der Waals surface area contributed by atoms with E-state index in [1.165, 1.54) is 0 Å². The fourth-order valence-electron chi connectivity index (χ4n) is 1.36. The number of rotatable bonds is 6. The standard InChI is InChI=1S/C9H16O5/c1-5(2)3-6(4-7(10)11)8(12)9(13)14/h5-6,8,12H,3-4H2,1-2H3,(H,10,11)(H,13,14). The Morgan fingerprint density at radius 2 is 1.71 bits per heavy atom. The van der Waals surface area contributed by atoms with Gasteiger partial charge in [0.15, 0.2) is 6.10 Å². The minimum atomic E-state index is -1.59. The second kappa shape index (κ2) is 5.59. The Hall–Kier alpha value is -1.10. The lowest BCUT2D eigenvalue weighted by Gasteiger charge is -2.19. The van der Waals surface area contributed by atoms with Crippen molar-refractivity contribution < 1.29 is 24.9 Å². The summed E-state index contributed by atoms with van der Waals surface area (Å²) < 4.78 is 0. The van der Waals surface area contributed by atoms with Crippen LogP contribution in [0, 0.1) is 11.8 Å². The number of carbonyl (C=O) groups is 2. The van der Waals surface area contributed by atoms with Gasteiger partial charge in [0.2, 0.25) is 0 Å². The Morgan fingerprint density at radius 1 is 1.21 bits per heavy atom. The summed E-state index contributed by atoms with van der Waals surface area (Å²) in [6.07, 6.45) is -1.51. The maximum atomic E-state index is 10.5. The molecule has 0 heterocycles. The highest BCUT2D eigenvalue weighted by molar-refractivity contribution is 5.74. The molecule has 14 heavy (non-hydrogen) atoms. The summed E-state index contributed by atoms with van der Waals surface area (Å²) in [7, 11) is 0. The van der Waals surface area contributed by atoms with Gasteiger partial charge < -0.3 is 15.3 Å². The minimum absolute atomic E-state index is 0.161. The van der Waals surface area contributed by atoms with Gasteiger partial charge in [0.25, 0.3) is 0 Å². The van der Waals surface area contributed by atoms with Crippen LogP contribution in [0.3, 0.4) is 0 Å². The van der Waals surface area contributed by atoms with Crippen LogP contribution in [0.25, 0.3) is 0 Å². The van der Waals surface area contributed by atoms with E-state index in [4.69, 9.17) is 10.2 Å². The summed E-state index contributed by atoms with van der Waals surface area (Å²) in [6.45, 7) is 3.70. The number of carboxylic acids is 2. The fraction of sp³-hybridized carbons (Fsp3) is 0.778. The number of aliphatic hydroxyl groups is 1. The molecule has 0 fully saturated rings. The maximum Gasteiger partial charge on any atom is 0.332 e. The lowest BCUT2D eigenvalue weighted by atomic mass is 9.89. The molecule has 0 rings (SSSR count). The summed E-state index contributed by atoms with van der Waals surface area (Å²) in [5, 5.41) is 26.3. The molecule has 0 saturated heterocycles. The van der Waals surface area contributed by atoms with E-state index in [1.807, 2.05) is 13.8 Å². The first-order valence-corrected chi connectivity index (χ1v) is 4.47. The van der Waals surface area contributed by atoms with Gasteiger partial charge in [-0.05, 0) is 12.3 Å². The predicted molar refractivity (Wildman–Crippen MR) is 48.8 cm³/mol. The Kier molecular flexibility index (Phi) is 5.15. The number of aliphatic carboxylic acids is 2. The maximum absolute atomic E-state index is 10.5. The smallest absolute Gasteiger partial charge is 0.332 e. The second-order valence-corrected chi connectivity index (χ2v) is 3.77. The van der Waals surface area contributed by atoms with Gasteiger partial charge in [0.1, 0.15) is 0 Å². The lowest BCUT2D eigenvalue weighted by molar-refractivity contribution is -0.151. The van der Waals surface area contributed by atoms with E-state index in [2.05, 4.69) is 0 Å². The summed E-state index contributed by atoms with van der Waals surface area (Å²) in [6, 6.07) is 0. The summed E-state index contributed by atoms with van der Waals surface area (Å²) in [4.78, 5) is 20.9. The van der Waals surface area contributed by atoms with E-state index in [0.29, 0.717) is 6.42 Å². The quantitative estimate of drug-likeness (QED) is 0.588. The van der Waals surface area contributed by atoms with Crippen molar-refractivity contribution in [2.45, 2.75) is 32.8 Å². The molecule has 2 atom stereocenters. The van der Waals surface area contributed by atoms with Gasteiger partial charge in [-0.15, -0.1) is 0 Å². The average molecular weight is 204 g/mol. The van der Waals surface area contributed by atoms with Crippen LogP contribution in [-0.4, -0.2) is 33.4 Å². The van der Waals surface area contributed by atoms with Gasteiger partial charge in [-0.2, -0.15) is 0 Å². The first-order chi connectivity index (χ1) is 6.34. The van der Waals surface area contributed by atoms with Crippen molar-refractivity contribution in [2.24, 2.45) is 11.8 Å². The molecule has 0 aromatic heterocycles. The molecule has 0 bridgehead atoms. The molecule has 0 aliphatic rings. The Morgan fingerprint density at radius 3 is 2.00 bits per heavy atom. The van der Waals surface area contributed by atoms with E-state index < -0.39 is 24.0 Å². The molecule has 0 amide bonds. The molecule has 0 aliphatic carbocycles. The normalized spacial score (nSPS) is 15.1. The zero-order chi connectivity index (χ0) is 11.3. The van der Waals surface area contributed by atoms with Crippen LogP contribution >= 0.6 is 0 Å². The van der Waals surface area contributed by atoms with Gasteiger partial charge >= 0.3 is 11.9 Å². The highest BCUT2D eigenvalue weighted by Gasteiger charge is 2.28. The summed E-state index contributed by atoms with van der Waals surface area (Å²) in [5.41, 5.74) is 0.